The number of ketones is 1. The number of Topliss-reactive ketones (excluding diaryl/α,β-unsaturated/α-hetero) is 1. The van der Waals surface area contributed by atoms with E-state index in [4.69, 9.17) is 14.2 Å². The number of esters is 2. The van der Waals surface area contributed by atoms with Gasteiger partial charge in [0.2, 0.25) is 5.78 Å². The second-order valence-corrected chi connectivity index (χ2v) is 5.97. The molecule has 28 heavy (non-hydrogen) atoms. The number of aromatic nitrogens is 1. The van der Waals surface area contributed by atoms with Gasteiger partial charge in [-0.05, 0) is 50.6 Å². The molecule has 148 valence electrons. The molecule has 2 rings (SSSR count). The lowest BCUT2D eigenvalue weighted by atomic mass is 10.1. The van der Waals surface area contributed by atoms with Crippen LogP contribution < -0.4 is 4.74 Å². The molecule has 0 spiro atoms. The van der Waals surface area contributed by atoms with Gasteiger partial charge >= 0.3 is 11.9 Å². The van der Waals surface area contributed by atoms with Crippen LogP contribution in [0.3, 0.4) is 0 Å². The fraction of sp³-hybridized carbons (Fsp3) is 0.286. The molecular weight excluding hydrogens is 362 g/mol. The molecule has 2 aromatic rings. The van der Waals surface area contributed by atoms with Crippen LogP contribution in [-0.4, -0.2) is 42.5 Å². The number of H-pyrrole nitrogens is 1. The Bertz CT molecular complexity index is 879. The lowest BCUT2D eigenvalue weighted by molar-refractivity contribution is 0.0472. The lowest BCUT2D eigenvalue weighted by Gasteiger charge is -2.06. The number of aromatic amines is 1. The van der Waals surface area contributed by atoms with Gasteiger partial charge in [-0.2, -0.15) is 0 Å². The number of carbonyl (C=O) groups is 3. The Morgan fingerprint density at radius 2 is 1.75 bits per heavy atom. The number of hydrogen-bond acceptors (Lipinski definition) is 6. The first-order chi connectivity index (χ1) is 13.4. The minimum absolute atomic E-state index is 0.224. The number of carbonyl (C=O) groups excluding carboxylic acids is 3. The van der Waals surface area contributed by atoms with Crippen LogP contribution in [0.25, 0.3) is 0 Å². The number of rotatable bonds is 9. The summed E-state index contributed by atoms with van der Waals surface area (Å²) in [4.78, 5) is 39.5. The number of hydrogen-bond donors (Lipinski definition) is 1. The summed E-state index contributed by atoms with van der Waals surface area (Å²) in [5.41, 5.74) is 1.85. The molecule has 0 bridgehead atoms. The van der Waals surface area contributed by atoms with Gasteiger partial charge in [0, 0.05) is 5.69 Å². The molecule has 0 aliphatic rings. The number of aryl methyl sites for hydroxylation is 1. The maximum absolute atomic E-state index is 12.4. The van der Waals surface area contributed by atoms with Crippen LogP contribution in [0.4, 0.5) is 0 Å². The van der Waals surface area contributed by atoms with Gasteiger partial charge in [0.05, 0.1) is 23.4 Å². The largest absolute Gasteiger partial charge is 0.490 e. The molecule has 0 radical (unpaired) electrons. The monoisotopic (exact) mass is 385 g/mol. The second-order valence-electron chi connectivity index (χ2n) is 5.97. The Morgan fingerprint density at radius 3 is 2.36 bits per heavy atom. The van der Waals surface area contributed by atoms with E-state index in [1.165, 1.54) is 0 Å². The van der Waals surface area contributed by atoms with Crippen LogP contribution in [0, 0.1) is 13.8 Å². The van der Waals surface area contributed by atoms with E-state index in [9.17, 15) is 14.4 Å². The van der Waals surface area contributed by atoms with Crippen LogP contribution >= 0.6 is 0 Å². The molecule has 7 heteroatoms. The average molecular weight is 385 g/mol. The molecule has 0 amide bonds. The highest BCUT2D eigenvalue weighted by atomic mass is 16.5. The Morgan fingerprint density at radius 1 is 1.07 bits per heavy atom. The standard InChI is InChI=1S/C21H23NO6/c1-5-11-27-16-9-7-15(8-10-16)20(24)28-12-17(23)19-13(3)18(14(4)22-19)21(25)26-6-2/h5,7-10,22H,1,6,11-12H2,2-4H3. The van der Waals surface area contributed by atoms with E-state index < -0.39 is 24.3 Å². The molecule has 0 unspecified atom stereocenters. The predicted octanol–water partition coefficient (Wildman–Crippen LogP) is 3.41. The minimum Gasteiger partial charge on any atom is -0.490 e. The summed E-state index contributed by atoms with van der Waals surface area (Å²) in [5, 5.41) is 0. The smallest absolute Gasteiger partial charge is 0.340 e. The highest BCUT2D eigenvalue weighted by molar-refractivity contribution is 6.03. The predicted molar refractivity (Wildman–Crippen MR) is 103 cm³/mol. The molecule has 0 aliphatic carbocycles. The van der Waals surface area contributed by atoms with Crippen LogP contribution in [0.15, 0.2) is 36.9 Å². The third-order valence-corrected chi connectivity index (χ3v) is 3.99. The van der Waals surface area contributed by atoms with Crippen molar-refractivity contribution in [3.8, 4) is 5.75 Å². The molecule has 0 atom stereocenters. The zero-order valence-corrected chi connectivity index (χ0v) is 16.2. The summed E-state index contributed by atoms with van der Waals surface area (Å²) in [7, 11) is 0. The van der Waals surface area contributed by atoms with Gasteiger partial charge in [0.1, 0.15) is 12.4 Å². The summed E-state index contributed by atoms with van der Waals surface area (Å²) < 4.78 is 15.4. The number of nitrogens with one attached hydrogen (secondary N) is 1. The van der Waals surface area contributed by atoms with Crippen molar-refractivity contribution in [3.63, 3.8) is 0 Å². The average Bonchev–Trinajstić information content (AvgIpc) is 2.99. The van der Waals surface area contributed by atoms with Crippen molar-refractivity contribution in [1.29, 1.82) is 0 Å². The Hall–Kier alpha value is -3.35. The van der Waals surface area contributed by atoms with Gasteiger partial charge in [0.25, 0.3) is 0 Å². The zero-order chi connectivity index (χ0) is 20.7. The van der Waals surface area contributed by atoms with E-state index in [1.807, 2.05) is 0 Å². The highest BCUT2D eigenvalue weighted by Gasteiger charge is 2.23. The molecule has 0 fully saturated rings. The molecule has 0 saturated heterocycles. The summed E-state index contributed by atoms with van der Waals surface area (Å²) in [5.74, 6) is -0.967. The molecule has 0 aliphatic heterocycles. The quantitative estimate of drug-likeness (QED) is 0.404. The zero-order valence-electron chi connectivity index (χ0n) is 16.2. The van der Waals surface area contributed by atoms with Crippen LogP contribution in [0.2, 0.25) is 0 Å². The maximum Gasteiger partial charge on any atom is 0.340 e. The number of ether oxygens (including phenoxy) is 3. The van der Waals surface area contributed by atoms with Gasteiger partial charge in [-0.1, -0.05) is 12.7 Å². The Balaban J connectivity index is 2.02. The van der Waals surface area contributed by atoms with Crippen molar-refractivity contribution < 1.29 is 28.6 Å². The van der Waals surface area contributed by atoms with E-state index >= 15 is 0 Å². The molecule has 7 nitrogen and oxygen atoms in total. The van der Waals surface area contributed by atoms with E-state index in [-0.39, 0.29) is 12.3 Å². The SMILES string of the molecule is C=CCOc1ccc(C(=O)OCC(=O)c2[nH]c(C)c(C(=O)OCC)c2C)cc1. The molecule has 1 aromatic heterocycles. The minimum atomic E-state index is -0.629. The van der Waals surface area contributed by atoms with E-state index in [2.05, 4.69) is 11.6 Å². The summed E-state index contributed by atoms with van der Waals surface area (Å²) in [6, 6.07) is 6.36. The highest BCUT2D eigenvalue weighted by Crippen LogP contribution is 2.20. The molecule has 0 saturated carbocycles. The van der Waals surface area contributed by atoms with Gasteiger partial charge in [-0.25, -0.2) is 9.59 Å². The summed E-state index contributed by atoms with van der Waals surface area (Å²) in [6.45, 7) is 8.74. The van der Waals surface area contributed by atoms with Crippen LogP contribution in [0.5, 0.6) is 5.75 Å². The van der Waals surface area contributed by atoms with Crippen LogP contribution in [-0.2, 0) is 9.47 Å². The van der Waals surface area contributed by atoms with E-state index in [0.29, 0.717) is 34.7 Å². The van der Waals surface area contributed by atoms with Gasteiger partial charge < -0.3 is 19.2 Å². The molecule has 1 aromatic carbocycles. The lowest BCUT2D eigenvalue weighted by Crippen LogP contribution is -2.15. The fourth-order valence-electron chi connectivity index (χ4n) is 2.67. The third-order valence-electron chi connectivity index (χ3n) is 3.99. The van der Waals surface area contributed by atoms with Crippen molar-refractivity contribution in [1.82, 2.24) is 4.98 Å². The summed E-state index contributed by atoms with van der Waals surface area (Å²) >= 11 is 0. The van der Waals surface area contributed by atoms with Crippen molar-refractivity contribution in [2.45, 2.75) is 20.8 Å². The van der Waals surface area contributed by atoms with Crippen molar-refractivity contribution >= 4 is 17.7 Å². The van der Waals surface area contributed by atoms with Crippen molar-refractivity contribution in [2.24, 2.45) is 0 Å². The number of benzene rings is 1. The van der Waals surface area contributed by atoms with E-state index in [0.717, 1.165) is 0 Å². The van der Waals surface area contributed by atoms with Crippen LogP contribution in [0.1, 0.15) is 49.4 Å². The molecular formula is C21H23NO6. The van der Waals surface area contributed by atoms with Gasteiger partial charge in [-0.3, -0.25) is 4.79 Å². The maximum atomic E-state index is 12.4. The van der Waals surface area contributed by atoms with Crippen molar-refractivity contribution in [2.75, 3.05) is 19.8 Å². The molecule has 1 N–H and O–H groups in total. The third kappa shape index (κ3) is 4.88. The normalized spacial score (nSPS) is 10.2. The topological polar surface area (TPSA) is 94.7 Å². The second kappa shape index (κ2) is 9.55. The Kier molecular flexibility index (Phi) is 7.14. The molecule has 1 heterocycles. The first kappa shape index (κ1) is 21.0. The van der Waals surface area contributed by atoms with Crippen molar-refractivity contribution in [3.05, 3.63) is 65.0 Å². The first-order valence-electron chi connectivity index (χ1n) is 8.79. The summed E-state index contributed by atoms with van der Waals surface area (Å²) in [6.07, 6.45) is 1.62. The Labute approximate surface area is 163 Å². The van der Waals surface area contributed by atoms with Gasteiger partial charge in [-0.15, -0.1) is 0 Å². The van der Waals surface area contributed by atoms with E-state index in [1.54, 1.807) is 51.1 Å². The fourth-order valence-corrected chi connectivity index (χ4v) is 2.67. The first-order valence-corrected chi connectivity index (χ1v) is 8.79. The van der Waals surface area contributed by atoms with Gasteiger partial charge in [0.15, 0.2) is 6.61 Å².